The van der Waals surface area contributed by atoms with Crippen molar-refractivity contribution in [2.45, 2.75) is 134 Å². The summed E-state index contributed by atoms with van der Waals surface area (Å²) >= 11 is 19.0. The number of hydrogen-bond donors (Lipinski definition) is 5. The Hall–Kier alpha value is 4.10. The second-order valence-electron chi connectivity index (χ2n) is 12.0. The number of alkyl halides is 2. The van der Waals surface area contributed by atoms with Gasteiger partial charge in [-0.15, -0.1) is 36.4 Å². The Balaban J connectivity index is 0.000000835. The maximum Gasteiger partial charge on any atom is 0.103 e. The summed E-state index contributed by atoms with van der Waals surface area (Å²) in [6.45, 7) is 13.0. The van der Waals surface area contributed by atoms with Crippen LogP contribution in [0.25, 0.3) is 0 Å². The van der Waals surface area contributed by atoms with Gasteiger partial charge in [0.05, 0.1) is 79.1 Å². The number of aliphatic hydroxyl groups excluding tert-OH is 5. The SMILES string of the molecule is C.C=C[C@H](C)[C@@H]1O[C@@H]2C[C@@H]([C@@H](O)CC)O[C@@H]2C[C@@H]1O.C=C[C@H](C)[C@@H]1O[C@@H]2C[C@@H]([C@@H](O)CO)O[C@@H]2C[C@@H]1O.ClCCl.S=S=S=S=S=S=S=S=S=S=S=S=S=S=S=S=S=S=S=S. The average Bonchev–Trinajstić information content (AvgIpc) is 3.86. The predicted molar refractivity (Wildman–Crippen MR) is 304 cm³/mol. The molecule has 0 radical (unpaired) electrons. The van der Waals surface area contributed by atoms with Crippen molar-refractivity contribution >= 4 is 205 Å². The summed E-state index contributed by atoms with van der Waals surface area (Å²) in [5.74, 6) is 0.193. The Morgan fingerprint density at radius 1 is 0.583 bits per heavy atom. The molecule has 0 unspecified atom stereocenters. The van der Waals surface area contributed by atoms with Gasteiger partial charge in [-0.05, 0) is 6.42 Å². The van der Waals surface area contributed by atoms with E-state index in [0.29, 0.717) is 32.1 Å². The molecule has 0 spiro atoms. The zero-order valence-corrected chi connectivity index (χ0v) is 49.2. The third kappa shape index (κ3) is 26.7. The van der Waals surface area contributed by atoms with E-state index in [0.717, 1.165) is 0 Å². The van der Waals surface area contributed by atoms with E-state index >= 15 is 0 Å². The monoisotopic (exact) mass is 1250 g/mol. The van der Waals surface area contributed by atoms with Crippen molar-refractivity contribution in [2.75, 3.05) is 11.9 Å². The van der Waals surface area contributed by atoms with E-state index in [1.54, 1.807) is 148 Å². The Kier molecular flexibility index (Phi) is 43.7. The minimum Gasteiger partial charge on any atom is -0.394 e. The van der Waals surface area contributed by atoms with Crippen LogP contribution in [0.4, 0.5) is 0 Å². The molecule has 4 heterocycles. The normalized spacial score (nSPS) is 28.7. The van der Waals surface area contributed by atoms with Crippen molar-refractivity contribution < 1.29 is 44.5 Å². The van der Waals surface area contributed by atoms with Crippen LogP contribution in [0.5, 0.6) is 0 Å². The topological polar surface area (TPSA) is 138 Å². The summed E-state index contributed by atoms with van der Waals surface area (Å²) in [4.78, 5) is 0. The molecule has 0 bridgehead atoms. The fourth-order valence-corrected chi connectivity index (χ4v) is 49.7. The van der Waals surface area contributed by atoms with Crippen molar-refractivity contribution in [3.05, 3.63) is 25.3 Å². The lowest BCUT2D eigenvalue weighted by atomic mass is 9.90. The second-order valence-corrected chi connectivity index (χ2v) is 44.7. The Labute approximate surface area is 426 Å². The summed E-state index contributed by atoms with van der Waals surface area (Å²) in [5.41, 5.74) is 0. The van der Waals surface area contributed by atoms with Gasteiger partial charge in [-0.25, -0.2) is 0 Å². The average molecular weight is 1260 g/mol. The number of halogens is 2. The third-order valence-electron chi connectivity index (χ3n) is 8.54. The minimum atomic E-state index is -0.883. The van der Waals surface area contributed by atoms with Gasteiger partial charge in [0.15, 0.2) is 0 Å². The van der Waals surface area contributed by atoms with E-state index < -0.39 is 30.5 Å². The van der Waals surface area contributed by atoms with Gasteiger partial charge in [-0.3, -0.25) is 0 Å². The van der Waals surface area contributed by atoms with Gasteiger partial charge >= 0.3 is 0 Å². The molecule has 0 aromatic carbocycles. The first-order valence-electron chi connectivity index (χ1n) is 17.0. The van der Waals surface area contributed by atoms with Gasteiger partial charge in [0.25, 0.3) is 0 Å². The van der Waals surface area contributed by atoms with E-state index in [1.165, 1.54) is 17.8 Å². The van der Waals surface area contributed by atoms with E-state index in [2.05, 4.69) is 13.2 Å². The molecule has 0 amide bonds. The number of aliphatic hydroxyl groups is 5. The molecule has 4 aliphatic heterocycles. The maximum atomic E-state index is 10.1. The van der Waals surface area contributed by atoms with Crippen LogP contribution in [0, 0.1) is 11.8 Å². The largest absolute Gasteiger partial charge is 0.394 e. The maximum absolute atomic E-state index is 10.1. The highest BCUT2D eigenvalue weighted by molar-refractivity contribution is 8.78. The van der Waals surface area contributed by atoms with Crippen LogP contribution < -0.4 is 0 Å². The van der Waals surface area contributed by atoms with Crippen LogP contribution in [0.2, 0.25) is 0 Å². The van der Waals surface area contributed by atoms with Crippen molar-refractivity contribution in [2.24, 2.45) is 11.8 Å². The fraction of sp³-hybridized carbons (Fsp3) is 0.862. The van der Waals surface area contributed by atoms with Crippen molar-refractivity contribution in [3.8, 4) is 0 Å². The quantitative estimate of drug-likeness (QED) is 0.181. The molecule has 60 heavy (non-hydrogen) atoms. The number of ether oxygens (including phenoxy) is 4. The first-order chi connectivity index (χ1) is 28.5. The van der Waals surface area contributed by atoms with Gasteiger partial charge in [-0.1, -0.05) is 40.3 Å². The zero-order chi connectivity index (χ0) is 44.0. The molecular weight excluding hydrogens is 1200 g/mol. The molecule has 0 aliphatic carbocycles. The molecule has 9 nitrogen and oxygen atoms in total. The van der Waals surface area contributed by atoms with Gasteiger partial charge in [0.2, 0.25) is 0 Å². The van der Waals surface area contributed by atoms with Crippen LogP contribution in [0.1, 0.15) is 60.3 Å². The first kappa shape index (κ1) is 64.1. The lowest BCUT2D eigenvalue weighted by Crippen LogP contribution is -2.47. The van der Waals surface area contributed by atoms with E-state index in [9.17, 15) is 20.4 Å². The van der Waals surface area contributed by atoms with Crippen molar-refractivity contribution in [1.29, 1.82) is 0 Å². The zero-order valence-electron chi connectivity index (χ0n) is 31.4. The summed E-state index contributed by atoms with van der Waals surface area (Å²) in [6, 6.07) is 0. The highest BCUT2D eigenvalue weighted by atomic mass is 35.5. The summed E-state index contributed by atoms with van der Waals surface area (Å²) < 4.78 is 23.2. The molecule has 0 aromatic heterocycles. The van der Waals surface area contributed by atoms with E-state index in [4.69, 9.17) is 69.6 Å². The lowest BCUT2D eigenvalue weighted by Gasteiger charge is -2.37. The molecule has 0 aromatic rings. The molecule has 4 saturated heterocycles. The standard InChI is InChI=1S/C14H24O4.C13H22O5.CH2Cl2.CH4.S20/c1-4-8(3)14-10(16)6-12-13(18-14)7-11(17-12)9(15)5-2;1-3-7(2)13-8(15)4-11-12(18-13)5-10(17-11)9(16)6-14;2-1-3;;1-3-5-7-9-11-13-15-17-19-20-18-16-14-12-10-8-6-4-2/h4,8-16H,1,5-7H2,2-3H3;3,7-16H,1,4-6H2,2H3;1H2;1H4;/t8-,9-,10-,11-,12+,13+,14-;7-,8-,9-,10-,11+,12+,13-;;;/m00.../s1. The summed E-state index contributed by atoms with van der Waals surface area (Å²) in [6.07, 6.45) is 2.75. The number of hydrogen-bond acceptors (Lipinski definition) is 11. The minimum absolute atomic E-state index is 0. The Morgan fingerprint density at radius 2 is 0.867 bits per heavy atom. The van der Waals surface area contributed by atoms with Crippen LogP contribution in [-0.2, 0) is 201 Å². The molecule has 4 fully saturated rings. The number of rotatable bonds is 8. The molecule has 14 atom stereocenters. The molecule has 356 valence electrons. The summed E-state index contributed by atoms with van der Waals surface area (Å²) in [7, 11) is 30.8. The molecule has 31 heteroatoms. The molecule has 4 rings (SSSR count). The fourth-order valence-electron chi connectivity index (χ4n) is 5.80. The van der Waals surface area contributed by atoms with Gasteiger partial charge in [0, 0.05) is 220 Å². The highest BCUT2D eigenvalue weighted by Crippen LogP contribution is 2.37. The van der Waals surface area contributed by atoms with Gasteiger partial charge < -0.3 is 44.5 Å². The highest BCUT2D eigenvalue weighted by Gasteiger charge is 2.48. The third-order valence-corrected chi connectivity index (χ3v) is 46.3. The summed E-state index contributed by atoms with van der Waals surface area (Å²) in [5, 5.41) is 48.7. The molecular formula is C29H52Cl2O9S20. The Bertz CT molecular complexity index is 1970. The predicted octanol–water partition coefficient (Wildman–Crippen LogP) is 3.10. The molecule has 4 aliphatic rings. The van der Waals surface area contributed by atoms with Crippen molar-refractivity contribution in [1.82, 2.24) is 0 Å². The van der Waals surface area contributed by atoms with Crippen LogP contribution in [0.15, 0.2) is 25.3 Å². The second kappa shape index (κ2) is 40.9. The van der Waals surface area contributed by atoms with E-state index in [-0.39, 0.29) is 73.9 Å². The van der Waals surface area contributed by atoms with Crippen molar-refractivity contribution in [3.63, 3.8) is 0 Å². The van der Waals surface area contributed by atoms with Crippen LogP contribution in [0.3, 0.4) is 0 Å². The molecule has 5 N–H and O–H groups in total. The van der Waals surface area contributed by atoms with Crippen LogP contribution >= 0.6 is 23.2 Å². The van der Waals surface area contributed by atoms with Crippen LogP contribution in [-0.4, -0.2) is 111 Å². The van der Waals surface area contributed by atoms with E-state index in [1.807, 2.05) is 26.8 Å². The molecule has 0 saturated carbocycles. The smallest absolute Gasteiger partial charge is 0.103 e. The van der Waals surface area contributed by atoms with Gasteiger partial charge in [0.1, 0.15) is 6.10 Å². The first-order valence-corrected chi connectivity index (χ1v) is 43.4. The van der Waals surface area contributed by atoms with Gasteiger partial charge in [-0.2, -0.15) is 0 Å². The number of fused-ring (bicyclic) bond motifs is 2. The lowest BCUT2D eigenvalue weighted by molar-refractivity contribution is -0.167. The Morgan fingerprint density at radius 3 is 1.13 bits per heavy atom.